The summed E-state index contributed by atoms with van der Waals surface area (Å²) in [5, 5.41) is 199. The molecule has 0 aliphatic heterocycles. The molecule has 0 rings (SSSR count). The third-order valence-electron chi connectivity index (χ3n) is 14.4. The van der Waals surface area contributed by atoms with Crippen molar-refractivity contribution in [3.05, 3.63) is 0 Å². The third kappa shape index (κ3) is 33.1. The number of nitrogens with one attached hydrogen (secondary N) is 6. The predicted molar refractivity (Wildman–Crippen MR) is 321 cm³/mol. The van der Waals surface area contributed by atoms with Gasteiger partial charge in [-0.15, -0.1) is 0 Å². The van der Waals surface area contributed by atoms with Gasteiger partial charge in [-0.1, -0.05) is 21.6 Å². The first-order chi connectivity index (χ1) is 43.7. The Labute approximate surface area is 544 Å². The molecule has 0 aromatic rings. The smallest absolute Gasteiger partial charge is 0.327 e. The number of aliphatic carboxylic acids is 4. The second kappa shape index (κ2) is 44.7. The van der Waals surface area contributed by atoms with E-state index in [-0.39, 0.29) is 5.75 Å². The van der Waals surface area contributed by atoms with Gasteiger partial charge in [-0.2, -0.15) is 0 Å². The number of rotatable bonds is 52. The van der Waals surface area contributed by atoms with E-state index in [9.17, 15) is 139 Å². The number of carbonyl (C=O) groups is 12. The third-order valence-corrected chi connectivity index (χ3v) is 17.7. The maximum absolute atomic E-state index is 14.5. The van der Waals surface area contributed by atoms with Gasteiger partial charge in [-0.05, 0) is 46.0 Å². The van der Waals surface area contributed by atoms with Crippen LogP contribution in [-0.4, -0.2) is 321 Å². The molecule has 0 aromatic heterocycles. The topological polar surface area (TPSA) is 713 Å². The molecule has 39 nitrogen and oxygen atoms in total. The normalized spacial score (nSPS) is 17.9. The van der Waals surface area contributed by atoms with Gasteiger partial charge < -0.3 is 140 Å². The van der Waals surface area contributed by atoms with E-state index in [4.69, 9.17) is 26.8 Å². The molecule has 0 bridgehead atoms. The lowest BCUT2D eigenvalue weighted by Gasteiger charge is -2.32. The van der Waals surface area contributed by atoms with Crippen LogP contribution >= 0.6 is 21.6 Å². The summed E-state index contributed by atoms with van der Waals surface area (Å²) in [6.07, 6.45) is -33.8. The second-order valence-electron chi connectivity index (χ2n) is 22.4. The fraction of sp³-hybridized carbons (Fsp3) is 0.774. The van der Waals surface area contributed by atoms with E-state index < -0.39 is 307 Å². The first-order valence-electron chi connectivity index (χ1n) is 29.1. The molecular weight excluding hydrogens is 1310 g/mol. The van der Waals surface area contributed by atoms with Crippen LogP contribution in [0.25, 0.3) is 0 Å². The molecule has 0 saturated carbocycles. The molecular formula is C53H92N8O31S2. The van der Waals surface area contributed by atoms with Gasteiger partial charge in [-0.25, -0.2) is 4.79 Å². The summed E-state index contributed by atoms with van der Waals surface area (Å²) in [5.74, 6) is -19.2. The summed E-state index contributed by atoms with van der Waals surface area (Å²) >= 11 is 0. The van der Waals surface area contributed by atoms with Crippen molar-refractivity contribution in [2.45, 2.75) is 199 Å². The number of aliphatic hydroxyl groups is 15. The molecule has 0 aromatic carbocycles. The van der Waals surface area contributed by atoms with E-state index in [1.807, 2.05) is 0 Å². The molecule has 19 atom stereocenters. The standard InChI is InChI=1S/C53H92N8O31S2/c1-53(2,94-93-21-25(55)51(89)90)47(52(91)92)61-49(87)23(4-9-37(74)57-16-31(68)42(81)45(84)34(71)19-63)14-28(65)26(6-11-39(76)77)59-48(86)22(3-8-36(73)56-15-30(67)41(80)44(83)33(70)18-62)13-29(66)27(7-12-40(78)79)60-50(88)24(54)5-10-38(75)58-17-32(69)43(82)46(85)35(72)20-64/h22-27,30-35,41-47,62-64,67-72,80-85H,3-21,54-55H2,1-2H3,(H,56,73)(H,57,74)(H,58,75)(H,59,86)(H,60,88)(H,61,87)(H,76,77)(H,78,79)(H,89,90)(H,91,92). The number of carbonyl (C=O) groups excluding carboxylic acids is 8. The minimum Gasteiger partial charge on any atom is -0.481 e. The maximum atomic E-state index is 14.5. The molecule has 0 radical (unpaired) electrons. The highest BCUT2D eigenvalue weighted by atomic mass is 33.1. The lowest BCUT2D eigenvalue weighted by molar-refractivity contribution is -0.143. The Bertz CT molecular complexity index is 2460. The first-order valence-corrected chi connectivity index (χ1v) is 31.5. The second-order valence-corrected chi connectivity index (χ2v) is 25.4. The van der Waals surface area contributed by atoms with Gasteiger partial charge in [0.05, 0.1) is 61.0 Å². The SMILES string of the molecule is CC(C)(SSCC(N)C(=O)O)C(NC(=O)C(CCC(=O)NCC(O)C(O)C(O)C(O)CO)CC(=O)C(CCC(=O)O)NC(=O)C(CCC(=O)NCC(O)C(O)C(O)C(O)CO)CC(=O)C(CCC(=O)O)NC(=O)C(N)CCC(=O)NCC(O)C(O)C(O)C(O)CO)C(=O)O. The average Bonchev–Trinajstić information content (AvgIpc) is 0.912. The van der Waals surface area contributed by atoms with Crippen molar-refractivity contribution in [2.75, 3.05) is 45.2 Å². The van der Waals surface area contributed by atoms with Gasteiger partial charge in [-0.3, -0.25) is 52.7 Å². The number of carboxylic acid groups (broad SMARTS) is 4. The Balaban J connectivity index is 7.36. The summed E-state index contributed by atoms with van der Waals surface area (Å²) in [7, 11) is 1.60. The zero-order valence-corrected chi connectivity index (χ0v) is 52.9. The van der Waals surface area contributed by atoms with Crippen LogP contribution in [0.1, 0.15) is 90.9 Å². The number of nitrogens with two attached hydrogens (primary N) is 2. The van der Waals surface area contributed by atoms with Crippen molar-refractivity contribution in [3.63, 3.8) is 0 Å². The number of hydrogen-bond acceptors (Lipinski definition) is 31. The lowest BCUT2D eigenvalue weighted by Crippen LogP contribution is -2.54. The molecule has 0 fully saturated rings. The van der Waals surface area contributed by atoms with Crippen molar-refractivity contribution >= 4 is 92.5 Å². The van der Waals surface area contributed by atoms with Crippen LogP contribution in [0, 0.1) is 11.8 Å². The quantitative estimate of drug-likeness (QED) is 0.0252. The molecule has 94 heavy (non-hydrogen) atoms. The van der Waals surface area contributed by atoms with Gasteiger partial charge in [0, 0.05) is 82.2 Å². The van der Waals surface area contributed by atoms with Crippen molar-refractivity contribution in [2.24, 2.45) is 23.3 Å². The maximum Gasteiger partial charge on any atom is 0.327 e. The summed E-state index contributed by atoms with van der Waals surface area (Å²) in [5.41, 5.74) is 11.6. The van der Waals surface area contributed by atoms with Crippen LogP contribution < -0.4 is 43.4 Å². The molecule has 542 valence electrons. The van der Waals surface area contributed by atoms with Crippen LogP contribution in [0.2, 0.25) is 0 Å². The van der Waals surface area contributed by atoms with Crippen molar-refractivity contribution in [3.8, 4) is 0 Å². The zero-order chi connectivity index (χ0) is 72.5. The summed E-state index contributed by atoms with van der Waals surface area (Å²) in [6, 6.07) is -8.77. The van der Waals surface area contributed by atoms with Crippen molar-refractivity contribution in [1.82, 2.24) is 31.9 Å². The molecule has 41 heteroatoms. The minimum absolute atomic E-state index is 0.255. The summed E-state index contributed by atoms with van der Waals surface area (Å²) < 4.78 is -1.53. The number of aliphatic hydroxyl groups excluding tert-OH is 15. The van der Waals surface area contributed by atoms with E-state index in [0.29, 0.717) is 0 Å². The summed E-state index contributed by atoms with van der Waals surface area (Å²) in [6.45, 7) is -2.87. The number of ketones is 2. The molecule has 0 aliphatic carbocycles. The Morgan fingerprint density at radius 3 is 1.04 bits per heavy atom. The van der Waals surface area contributed by atoms with Gasteiger partial charge in [0.1, 0.15) is 67.0 Å². The largest absolute Gasteiger partial charge is 0.481 e. The van der Waals surface area contributed by atoms with Gasteiger partial charge >= 0.3 is 23.9 Å². The van der Waals surface area contributed by atoms with E-state index in [0.717, 1.165) is 21.6 Å². The summed E-state index contributed by atoms with van der Waals surface area (Å²) in [4.78, 5) is 158. The van der Waals surface area contributed by atoms with Crippen LogP contribution in [-0.2, 0) is 57.5 Å². The van der Waals surface area contributed by atoms with Crippen LogP contribution in [0.15, 0.2) is 0 Å². The average molecular weight is 1400 g/mol. The fourth-order valence-electron chi connectivity index (χ4n) is 8.33. The molecule has 0 saturated heterocycles. The first kappa shape index (κ1) is 88.1. The number of amides is 6. The Morgan fingerprint density at radius 2 is 0.723 bits per heavy atom. The lowest BCUT2D eigenvalue weighted by atomic mass is 9.89. The molecule has 0 spiro atoms. The van der Waals surface area contributed by atoms with Gasteiger partial charge in [0.15, 0.2) is 11.6 Å². The van der Waals surface area contributed by atoms with Crippen LogP contribution in [0.3, 0.4) is 0 Å². The Morgan fingerprint density at radius 1 is 0.404 bits per heavy atom. The molecule has 29 N–H and O–H groups in total. The number of carboxylic acids is 4. The molecule has 19 unspecified atom stereocenters. The monoisotopic (exact) mass is 1400 g/mol. The number of hydrogen-bond donors (Lipinski definition) is 27. The Hall–Kier alpha value is -5.94. The van der Waals surface area contributed by atoms with Gasteiger partial charge in [0.2, 0.25) is 35.4 Å². The highest BCUT2D eigenvalue weighted by Crippen LogP contribution is 2.39. The van der Waals surface area contributed by atoms with Crippen LogP contribution in [0.5, 0.6) is 0 Å². The number of Topliss-reactive ketones (excluding diaryl/α,β-unsaturated/α-hetero) is 2. The van der Waals surface area contributed by atoms with E-state index >= 15 is 0 Å². The zero-order valence-electron chi connectivity index (χ0n) is 51.3. The molecule has 6 amide bonds. The minimum atomic E-state index is -2.17. The fourth-order valence-corrected chi connectivity index (χ4v) is 11.1. The van der Waals surface area contributed by atoms with E-state index in [1.165, 1.54) is 13.8 Å². The molecule has 0 aliphatic rings. The van der Waals surface area contributed by atoms with Crippen molar-refractivity contribution in [1.29, 1.82) is 0 Å². The van der Waals surface area contributed by atoms with Crippen molar-refractivity contribution < 1.29 is 155 Å². The van der Waals surface area contributed by atoms with Gasteiger partial charge in [0.25, 0.3) is 0 Å². The van der Waals surface area contributed by atoms with Crippen LogP contribution in [0.4, 0.5) is 0 Å². The molecule has 0 heterocycles. The predicted octanol–water partition coefficient (Wildman–Crippen LogP) is -11.7. The highest BCUT2D eigenvalue weighted by Gasteiger charge is 2.41. The van der Waals surface area contributed by atoms with E-state index in [1.54, 1.807) is 0 Å². The van der Waals surface area contributed by atoms with E-state index in [2.05, 4.69) is 31.9 Å². The Kier molecular flexibility index (Phi) is 41.9. The highest BCUT2D eigenvalue weighted by molar-refractivity contribution is 8.77.